The highest BCUT2D eigenvalue weighted by Gasteiger charge is 2.32. The molecule has 0 bridgehead atoms. The minimum absolute atomic E-state index is 0.313. The molecule has 0 unspecified atom stereocenters. The average molecular weight is 305 g/mol. The quantitative estimate of drug-likeness (QED) is 0.881. The molecule has 1 saturated carbocycles. The molecule has 1 amide bonds. The number of amides is 1. The van der Waals surface area contributed by atoms with E-state index in [2.05, 4.69) is 10.3 Å². The summed E-state index contributed by atoms with van der Waals surface area (Å²) < 4.78 is 6.44. The number of aromatic nitrogens is 2. The molecule has 7 heteroatoms. The summed E-state index contributed by atoms with van der Waals surface area (Å²) >= 11 is 1.36. The summed E-state index contributed by atoms with van der Waals surface area (Å²) in [4.78, 5) is 28.1. The Morgan fingerprint density at radius 3 is 2.95 bits per heavy atom. The van der Waals surface area contributed by atoms with Crippen LogP contribution in [0.15, 0.2) is 24.1 Å². The fraction of sp³-hybridized carbons (Fsp3) is 0.357. The van der Waals surface area contributed by atoms with Crippen molar-refractivity contribution in [3.8, 4) is 0 Å². The molecule has 0 spiro atoms. The molecule has 1 aliphatic carbocycles. The molecule has 1 fully saturated rings. The molecule has 0 saturated heterocycles. The van der Waals surface area contributed by atoms with Gasteiger partial charge in [-0.1, -0.05) is 0 Å². The highest BCUT2D eigenvalue weighted by atomic mass is 32.1. The van der Waals surface area contributed by atoms with Gasteiger partial charge in [0.05, 0.1) is 12.2 Å². The molecule has 0 aliphatic heterocycles. The summed E-state index contributed by atoms with van der Waals surface area (Å²) in [5, 5.41) is 5.23. The zero-order valence-corrected chi connectivity index (χ0v) is 12.4. The number of carbonyl (C=O) groups excluding carboxylic acids is 2. The van der Waals surface area contributed by atoms with Gasteiger partial charge in [-0.15, -0.1) is 11.3 Å². The number of rotatable bonds is 4. The third kappa shape index (κ3) is 2.82. The number of esters is 1. The standard InChI is InChI=1S/C14H15N3O3S/c1-2-20-13(18)11-10(9-3-4-9)7-21-12(11)16-14(19)17-6-5-15-8-17/h5-9H,2-4H2,1H3,(H,16,19). The maximum Gasteiger partial charge on any atom is 0.341 e. The molecule has 0 radical (unpaired) electrons. The van der Waals surface area contributed by atoms with Gasteiger partial charge in [0.25, 0.3) is 0 Å². The lowest BCUT2D eigenvalue weighted by molar-refractivity contribution is 0.0527. The second-order valence-corrected chi connectivity index (χ2v) is 5.67. The maximum atomic E-state index is 12.2. The molecule has 0 aromatic carbocycles. The molecule has 1 N–H and O–H groups in total. The molecule has 6 nitrogen and oxygen atoms in total. The lowest BCUT2D eigenvalue weighted by Gasteiger charge is -2.08. The van der Waals surface area contributed by atoms with E-state index in [4.69, 9.17) is 4.74 Å². The average Bonchev–Trinajstić information content (AvgIpc) is 3.01. The Bertz CT molecular complexity index is 659. The van der Waals surface area contributed by atoms with Gasteiger partial charge in [0.1, 0.15) is 11.3 Å². The summed E-state index contributed by atoms with van der Waals surface area (Å²) in [5.74, 6) is 0.0427. The lowest BCUT2D eigenvalue weighted by atomic mass is 10.1. The van der Waals surface area contributed by atoms with E-state index >= 15 is 0 Å². The van der Waals surface area contributed by atoms with Gasteiger partial charge in [-0.05, 0) is 36.6 Å². The molecule has 1 aliphatic rings. The fourth-order valence-corrected chi connectivity index (χ4v) is 3.13. The van der Waals surface area contributed by atoms with Gasteiger partial charge in [0, 0.05) is 12.4 Å². The zero-order chi connectivity index (χ0) is 14.8. The number of hydrogen-bond donors (Lipinski definition) is 1. The molecule has 3 rings (SSSR count). The SMILES string of the molecule is CCOC(=O)c1c(C2CC2)csc1NC(=O)n1ccnc1. The van der Waals surface area contributed by atoms with Crippen LogP contribution in [0.2, 0.25) is 0 Å². The number of ether oxygens (including phenoxy) is 1. The van der Waals surface area contributed by atoms with Crippen molar-refractivity contribution in [3.63, 3.8) is 0 Å². The predicted octanol–water partition coefficient (Wildman–Crippen LogP) is 3.08. The van der Waals surface area contributed by atoms with E-state index in [0.717, 1.165) is 18.4 Å². The summed E-state index contributed by atoms with van der Waals surface area (Å²) in [7, 11) is 0. The number of imidazole rings is 1. The van der Waals surface area contributed by atoms with Crippen LogP contribution in [-0.4, -0.2) is 28.2 Å². The number of anilines is 1. The minimum Gasteiger partial charge on any atom is -0.462 e. The Balaban J connectivity index is 1.87. The van der Waals surface area contributed by atoms with Crippen molar-refractivity contribution < 1.29 is 14.3 Å². The fourth-order valence-electron chi connectivity index (χ4n) is 2.11. The number of carbonyl (C=O) groups is 2. The van der Waals surface area contributed by atoms with Gasteiger partial charge >= 0.3 is 12.0 Å². The van der Waals surface area contributed by atoms with Gasteiger partial charge in [0.2, 0.25) is 0 Å². The second-order valence-electron chi connectivity index (χ2n) is 4.79. The highest BCUT2D eigenvalue weighted by molar-refractivity contribution is 7.15. The van der Waals surface area contributed by atoms with Crippen LogP contribution >= 0.6 is 11.3 Å². The topological polar surface area (TPSA) is 73.2 Å². The van der Waals surface area contributed by atoms with Gasteiger partial charge in [0.15, 0.2) is 0 Å². The van der Waals surface area contributed by atoms with Crippen LogP contribution in [0, 0.1) is 0 Å². The largest absolute Gasteiger partial charge is 0.462 e. The molecule has 2 heterocycles. The first-order valence-electron chi connectivity index (χ1n) is 6.78. The Morgan fingerprint density at radius 2 is 2.33 bits per heavy atom. The van der Waals surface area contributed by atoms with Crippen molar-refractivity contribution >= 4 is 28.3 Å². The van der Waals surface area contributed by atoms with Gasteiger partial charge in [-0.3, -0.25) is 9.88 Å². The van der Waals surface area contributed by atoms with Gasteiger partial charge in [-0.2, -0.15) is 0 Å². The Kier molecular flexibility index (Phi) is 3.74. The predicted molar refractivity (Wildman–Crippen MR) is 78.9 cm³/mol. The molecule has 21 heavy (non-hydrogen) atoms. The Hall–Kier alpha value is -2.15. The van der Waals surface area contributed by atoms with Crippen LogP contribution in [0.5, 0.6) is 0 Å². The van der Waals surface area contributed by atoms with Gasteiger partial charge in [-0.25, -0.2) is 14.6 Å². The number of hydrogen-bond acceptors (Lipinski definition) is 5. The summed E-state index contributed by atoms with van der Waals surface area (Å²) in [6.45, 7) is 2.08. The first kappa shape index (κ1) is 13.8. The van der Waals surface area contributed by atoms with Crippen LogP contribution in [0.4, 0.5) is 9.80 Å². The van der Waals surface area contributed by atoms with Crippen molar-refractivity contribution in [2.45, 2.75) is 25.7 Å². The number of nitrogens with one attached hydrogen (secondary N) is 1. The third-order valence-electron chi connectivity index (χ3n) is 3.28. The van der Waals surface area contributed by atoms with Crippen molar-refractivity contribution in [2.75, 3.05) is 11.9 Å². The maximum absolute atomic E-state index is 12.2. The molecular weight excluding hydrogens is 290 g/mol. The zero-order valence-electron chi connectivity index (χ0n) is 11.5. The van der Waals surface area contributed by atoms with E-state index in [1.54, 1.807) is 13.1 Å². The van der Waals surface area contributed by atoms with Crippen LogP contribution in [-0.2, 0) is 4.74 Å². The summed E-state index contributed by atoms with van der Waals surface area (Å²) in [6, 6.07) is -0.345. The smallest absolute Gasteiger partial charge is 0.341 e. The normalized spacial score (nSPS) is 14.0. The number of thiophene rings is 1. The van der Waals surface area contributed by atoms with E-state index in [-0.39, 0.29) is 12.0 Å². The second kappa shape index (κ2) is 5.69. The minimum atomic E-state index is -0.374. The molecule has 110 valence electrons. The van der Waals surface area contributed by atoms with E-state index < -0.39 is 0 Å². The van der Waals surface area contributed by atoms with Crippen molar-refractivity contribution in [1.29, 1.82) is 0 Å². The Labute approximate surface area is 125 Å². The molecule has 2 aromatic rings. The van der Waals surface area contributed by atoms with Crippen LogP contribution in [0.1, 0.15) is 41.6 Å². The first-order valence-corrected chi connectivity index (χ1v) is 7.66. The van der Waals surface area contributed by atoms with Crippen molar-refractivity contribution in [2.24, 2.45) is 0 Å². The molecular formula is C14H15N3O3S. The third-order valence-corrected chi connectivity index (χ3v) is 4.19. The van der Waals surface area contributed by atoms with E-state index in [1.807, 2.05) is 5.38 Å². The van der Waals surface area contributed by atoms with Crippen LogP contribution in [0.3, 0.4) is 0 Å². The Morgan fingerprint density at radius 1 is 1.52 bits per heavy atom. The lowest BCUT2D eigenvalue weighted by Crippen LogP contribution is -2.19. The number of nitrogens with zero attached hydrogens (tertiary/aromatic N) is 2. The highest BCUT2D eigenvalue weighted by Crippen LogP contribution is 2.46. The molecule has 2 aromatic heterocycles. The van der Waals surface area contributed by atoms with E-state index in [9.17, 15) is 9.59 Å². The monoisotopic (exact) mass is 305 g/mol. The van der Waals surface area contributed by atoms with Crippen LogP contribution in [0.25, 0.3) is 0 Å². The summed E-state index contributed by atoms with van der Waals surface area (Å²) in [5.41, 5.74) is 1.48. The van der Waals surface area contributed by atoms with Crippen molar-refractivity contribution in [3.05, 3.63) is 35.2 Å². The van der Waals surface area contributed by atoms with Gasteiger partial charge < -0.3 is 4.74 Å². The summed E-state index contributed by atoms with van der Waals surface area (Å²) in [6.07, 6.45) is 6.65. The first-order chi connectivity index (χ1) is 10.2. The van der Waals surface area contributed by atoms with Crippen LogP contribution < -0.4 is 5.32 Å². The van der Waals surface area contributed by atoms with E-state index in [0.29, 0.717) is 23.1 Å². The van der Waals surface area contributed by atoms with Crippen molar-refractivity contribution in [1.82, 2.24) is 9.55 Å². The van der Waals surface area contributed by atoms with E-state index in [1.165, 1.54) is 28.4 Å². The molecule has 0 atom stereocenters.